The van der Waals surface area contributed by atoms with Crippen LogP contribution in [-0.4, -0.2) is 25.7 Å². The third kappa shape index (κ3) is 5.45. The maximum absolute atomic E-state index is 12.6. The topological polar surface area (TPSA) is 38.3 Å². The Morgan fingerprint density at radius 2 is 2.00 bits per heavy atom. The Morgan fingerprint density at radius 1 is 1.35 bits per heavy atom. The van der Waals surface area contributed by atoms with Crippen LogP contribution in [0, 0.1) is 11.7 Å². The summed E-state index contributed by atoms with van der Waals surface area (Å²) < 4.78 is 18.0. The minimum atomic E-state index is -0.346. The van der Waals surface area contributed by atoms with Crippen LogP contribution in [-0.2, 0) is 4.74 Å². The van der Waals surface area contributed by atoms with Crippen molar-refractivity contribution in [2.45, 2.75) is 13.8 Å². The Bertz CT molecular complexity index is 349. The summed E-state index contributed by atoms with van der Waals surface area (Å²) in [4.78, 5) is 11.6. The highest BCUT2D eigenvalue weighted by Crippen LogP contribution is 2.02. The van der Waals surface area contributed by atoms with E-state index in [0.717, 1.165) is 0 Å². The molecule has 0 saturated heterocycles. The lowest BCUT2D eigenvalue weighted by atomic mass is 10.2. The van der Waals surface area contributed by atoms with Gasteiger partial charge in [0.25, 0.3) is 5.91 Å². The van der Waals surface area contributed by atoms with Gasteiger partial charge in [0.2, 0.25) is 0 Å². The number of carbonyl (C=O) groups excluding carboxylic acids is 1. The molecule has 0 saturated carbocycles. The van der Waals surface area contributed by atoms with Gasteiger partial charge in [-0.1, -0.05) is 13.8 Å². The molecule has 1 aromatic rings. The van der Waals surface area contributed by atoms with Crippen LogP contribution in [0.2, 0.25) is 0 Å². The molecule has 0 aliphatic heterocycles. The lowest BCUT2D eigenvalue weighted by Gasteiger charge is -2.08. The van der Waals surface area contributed by atoms with E-state index < -0.39 is 0 Å². The molecule has 0 fully saturated rings. The van der Waals surface area contributed by atoms with Crippen molar-refractivity contribution >= 4 is 5.91 Å². The van der Waals surface area contributed by atoms with Gasteiger partial charge in [-0.3, -0.25) is 4.79 Å². The molecule has 0 radical (unpaired) electrons. The first-order valence-electron chi connectivity index (χ1n) is 5.71. The third-order valence-corrected chi connectivity index (χ3v) is 2.09. The maximum atomic E-state index is 12.6. The predicted molar refractivity (Wildman–Crippen MR) is 64.4 cm³/mol. The molecule has 3 nitrogen and oxygen atoms in total. The van der Waals surface area contributed by atoms with Crippen LogP contribution in [0.15, 0.2) is 24.3 Å². The summed E-state index contributed by atoms with van der Waals surface area (Å²) in [7, 11) is 0. The van der Waals surface area contributed by atoms with E-state index in [2.05, 4.69) is 19.2 Å². The summed E-state index contributed by atoms with van der Waals surface area (Å²) >= 11 is 0. The van der Waals surface area contributed by atoms with Gasteiger partial charge >= 0.3 is 0 Å². The van der Waals surface area contributed by atoms with Crippen molar-refractivity contribution in [1.82, 2.24) is 5.32 Å². The van der Waals surface area contributed by atoms with Crippen LogP contribution in [0.5, 0.6) is 0 Å². The van der Waals surface area contributed by atoms with Gasteiger partial charge in [-0.2, -0.15) is 0 Å². The molecule has 0 aliphatic carbocycles. The second-order valence-electron chi connectivity index (χ2n) is 4.23. The summed E-state index contributed by atoms with van der Waals surface area (Å²) in [5, 5.41) is 2.71. The fourth-order valence-corrected chi connectivity index (χ4v) is 1.26. The van der Waals surface area contributed by atoms with Gasteiger partial charge < -0.3 is 10.1 Å². The van der Waals surface area contributed by atoms with Crippen molar-refractivity contribution in [3.8, 4) is 0 Å². The summed E-state index contributed by atoms with van der Waals surface area (Å²) in [6, 6.07) is 5.45. The number of rotatable bonds is 6. The van der Waals surface area contributed by atoms with Crippen LogP contribution >= 0.6 is 0 Å². The average molecular weight is 239 g/mol. The smallest absolute Gasteiger partial charge is 0.251 e. The van der Waals surface area contributed by atoms with E-state index in [0.29, 0.717) is 31.2 Å². The standard InChI is InChI=1S/C13H18FNO2/c1-10(2)9-17-8-7-15-13(16)11-3-5-12(14)6-4-11/h3-6,10H,7-9H2,1-2H3,(H,15,16). The van der Waals surface area contributed by atoms with Crippen molar-refractivity contribution in [1.29, 1.82) is 0 Å². The lowest BCUT2D eigenvalue weighted by molar-refractivity contribution is 0.0886. The van der Waals surface area contributed by atoms with E-state index in [4.69, 9.17) is 4.74 Å². The van der Waals surface area contributed by atoms with Gasteiger partial charge in [0.05, 0.1) is 6.61 Å². The second-order valence-corrected chi connectivity index (χ2v) is 4.23. The lowest BCUT2D eigenvalue weighted by Crippen LogP contribution is -2.27. The normalized spacial score (nSPS) is 10.6. The molecule has 17 heavy (non-hydrogen) atoms. The van der Waals surface area contributed by atoms with Crippen LogP contribution in [0.4, 0.5) is 4.39 Å². The molecular formula is C13H18FNO2. The Hall–Kier alpha value is -1.42. The monoisotopic (exact) mass is 239 g/mol. The summed E-state index contributed by atoms with van der Waals surface area (Å²) in [5.41, 5.74) is 0.454. The van der Waals surface area contributed by atoms with Crippen molar-refractivity contribution in [2.24, 2.45) is 5.92 Å². The zero-order valence-corrected chi connectivity index (χ0v) is 10.2. The van der Waals surface area contributed by atoms with Crippen molar-refractivity contribution in [3.05, 3.63) is 35.6 Å². The van der Waals surface area contributed by atoms with E-state index in [1.165, 1.54) is 24.3 Å². The fourth-order valence-electron chi connectivity index (χ4n) is 1.26. The molecule has 0 heterocycles. The van der Waals surface area contributed by atoms with Gasteiger partial charge in [0, 0.05) is 18.7 Å². The first-order valence-corrected chi connectivity index (χ1v) is 5.71. The number of benzene rings is 1. The van der Waals surface area contributed by atoms with Gasteiger partial charge in [-0.15, -0.1) is 0 Å². The number of carbonyl (C=O) groups is 1. The highest BCUT2D eigenvalue weighted by atomic mass is 19.1. The number of hydrogen-bond acceptors (Lipinski definition) is 2. The molecule has 0 unspecified atom stereocenters. The van der Waals surface area contributed by atoms with Gasteiger partial charge in [-0.05, 0) is 30.2 Å². The number of ether oxygens (including phenoxy) is 1. The molecule has 0 spiro atoms. The van der Waals surface area contributed by atoms with E-state index in [9.17, 15) is 9.18 Å². The van der Waals surface area contributed by atoms with Crippen LogP contribution in [0.25, 0.3) is 0 Å². The Labute approximate surface area is 101 Å². The summed E-state index contributed by atoms with van der Waals surface area (Å²) in [6.07, 6.45) is 0. The number of halogens is 1. The molecule has 1 aromatic carbocycles. The SMILES string of the molecule is CC(C)COCCNC(=O)c1ccc(F)cc1. The van der Waals surface area contributed by atoms with E-state index >= 15 is 0 Å². The first kappa shape index (κ1) is 13.6. The molecule has 1 rings (SSSR count). The van der Waals surface area contributed by atoms with Crippen molar-refractivity contribution in [3.63, 3.8) is 0 Å². The zero-order valence-electron chi connectivity index (χ0n) is 10.2. The minimum Gasteiger partial charge on any atom is -0.379 e. The van der Waals surface area contributed by atoms with E-state index in [-0.39, 0.29) is 11.7 Å². The minimum absolute atomic E-state index is 0.210. The first-order chi connectivity index (χ1) is 8.09. The molecule has 4 heteroatoms. The molecule has 1 amide bonds. The Kier molecular flexibility index (Phi) is 5.63. The summed E-state index contributed by atoms with van der Waals surface area (Å²) in [5.74, 6) is -0.0669. The van der Waals surface area contributed by atoms with Crippen LogP contribution in [0.1, 0.15) is 24.2 Å². The van der Waals surface area contributed by atoms with E-state index in [1.54, 1.807) is 0 Å². The summed E-state index contributed by atoms with van der Waals surface area (Å²) in [6.45, 7) is 5.77. The largest absolute Gasteiger partial charge is 0.379 e. The second kappa shape index (κ2) is 7.01. The number of nitrogens with one attached hydrogen (secondary N) is 1. The maximum Gasteiger partial charge on any atom is 0.251 e. The Morgan fingerprint density at radius 3 is 2.59 bits per heavy atom. The van der Waals surface area contributed by atoms with Gasteiger partial charge in [0.1, 0.15) is 5.82 Å². The molecule has 0 aliphatic rings. The van der Waals surface area contributed by atoms with Crippen molar-refractivity contribution < 1.29 is 13.9 Å². The van der Waals surface area contributed by atoms with Crippen LogP contribution in [0.3, 0.4) is 0 Å². The molecule has 0 atom stereocenters. The van der Waals surface area contributed by atoms with Gasteiger partial charge in [-0.25, -0.2) is 4.39 Å². The van der Waals surface area contributed by atoms with Gasteiger partial charge in [0.15, 0.2) is 0 Å². The molecular weight excluding hydrogens is 221 g/mol. The zero-order chi connectivity index (χ0) is 12.7. The average Bonchev–Trinajstić information content (AvgIpc) is 2.29. The van der Waals surface area contributed by atoms with Crippen LogP contribution < -0.4 is 5.32 Å². The van der Waals surface area contributed by atoms with Crippen molar-refractivity contribution in [2.75, 3.05) is 19.8 Å². The fraction of sp³-hybridized carbons (Fsp3) is 0.462. The highest BCUT2D eigenvalue weighted by molar-refractivity contribution is 5.94. The molecule has 0 bridgehead atoms. The van der Waals surface area contributed by atoms with E-state index in [1.807, 2.05) is 0 Å². The third-order valence-electron chi connectivity index (χ3n) is 2.09. The quantitative estimate of drug-likeness (QED) is 0.773. The highest BCUT2D eigenvalue weighted by Gasteiger charge is 2.04. The predicted octanol–water partition coefficient (Wildman–Crippen LogP) is 2.23. The molecule has 1 N–H and O–H groups in total. The number of hydrogen-bond donors (Lipinski definition) is 1. The Balaban J connectivity index is 2.23. The molecule has 0 aromatic heterocycles. The number of amides is 1. The molecule has 94 valence electrons.